The zero-order valence-corrected chi connectivity index (χ0v) is 10.3. The van der Waals surface area contributed by atoms with E-state index >= 15 is 0 Å². The highest BCUT2D eigenvalue weighted by atomic mass is 32.2. The molecule has 0 aromatic rings. The lowest BCUT2D eigenvalue weighted by atomic mass is 10.1. The van der Waals surface area contributed by atoms with E-state index in [4.69, 9.17) is 0 Å². The Balaban J connectivity index is 1.93. The molecule has 0 saturated carbocycles. The van der Waals surface area contributed by atoms with Crippen LogP contribution in [0.2, 0.25) is 0 Å². The Hall–Kier alpha value is 0.270. The van der Waals surface area contributed by atoms with Gasteiger partial charge in [0, 0.05) is 12.6 Å². The Bertz CT molecular complexity index is 135. The molecule has 1 saturated heterocycles. The lowest BCUT2D eigenvalue weighted by Crippen LogP contribution is -2.39. The van der Waals surface area contributed by atoms with Crippen molar-refractivity contribution in [2.24, 2.45) is 5.92 Å². The second kappa shape index (κ2) is 7.55. The molecule has 3 heteroatoms. The van der Waals surface area contributed by atoms with Crippen LogP contribution in [0.1, 0.15) is 26.7 Å². The van der Waals surface area contributed by atoms with E-state index in [0.29, 0.717) is 6.04 Å². The summed E-state index contributed by atoms with van der Waals surface area (Å²) >= 11 is 2.10. The minimum atomic E-state index is 0.618. The van der Waals surface area contributed by atoms with Gasteiger partial charge in [0.05, 0.1) is 0 Å². The van der Waals surface area contributed by atoms with Crippen LogP contribution < -0.4 is 10.6 Å². The van der Waals surface area contributed by atoms with Gasteiger partial charge in [-0.05, 0) is 50.3 Å². The highest BCUT2D eigenvalue weighted by Gasteiger charge is 2.15. The first-order valence-corrected chi connectivity index (χ1v) is 7.00. The molecule has 1 aliphatic heterocycles. The molecule has 0 spiro atoms. The molecule has 2 unspecified atom stereocenters. The summed E-state index contributed by atoms with van der Waals surface area (Å²) in [5.41, 5.74) is 0. The van der Waals surface area contributed by atoms with Crippen molar-refractivity contribution in [2.45, 2.75) is 32.7 Å². The number of nitrogens with one attached hydrogen (secondary N) is 2. The van der Waals surface area contributed by atoms with Crippen molar-refractivity contribution in [3.8, 4) is 0 Å². The Morgan fingerprint density at radius 2 is 2.36 bits per heavy atom. The van der Waals surface area contributed by atoms with Gasteiger partial charge in [0.2, 0.25) is 0 Å². The van der Waals surface area contributed by atoms with Crippen LogP contribution in [-0.2, 0) is 0 Å². The first-order valence-electron chi connectivity index (χ1n) is 5.84. The third-order valence-electron chi connectivity index (χ3n) is 2.66. The van der Waals surface area contributed by atoms with E-state index in [1.807, 2.05) is 0 Å². The predicted octanol–water partition coefficient (Wildman–Crippen LogP) is 1.72. The van der Waals surface area contributed by atoms with Crippen LogP contribution in [0, 0.1) is 5.92 Å². The van der Waals surface area contributed by atoms with Crippen molar-refractivity contribution in [3.63, 3.8) is 0 Å². The van der Waals surface area contributed by atoms with Gasteiger partial charge < -0.3 is 10.6 Å². The molecule has 14 heavy (non-hydrogen) atoms. The molecule has 1 rings (SSSR count). The molecule has 1 heterocycles. The summed E-state index contributed by atoms with van der Waals surface area (Å²) in [4.78, 5) is 0. The topological polar surface area (TPSA) is 24.1 Å². The number of hydrogen-bond donors (Lipinski definition) is 2. The lowest BCUT2D eigenvalue weighted by Gasteiger charge is -2.17. The molecule has 1 fully saturated rings. The summed E-state index contributed by atoms with van der Waals surface area (Å²) < 4.78 is 0. The molecule has 0 bridgehead atoms. The van der Waals surface area contributed by atoms with Crippen LogP contribution in [0.25, 0.3) is 0 Å². The molecule has 0 aromatic heterocycles. The van der Waals surface area contributed by atoms with E-state index in [1.165, 1.54) is 30.9 Å². The molecule has 84 valence electrons. The Morgan fingerprint density at radius 1 is 1.50 bits per heavy atom. The first kappa shape index (κ1) is 12.3. The normalized spacial score (nSPS) is 24.0. The molecule has 2 atom stereocenters. The van der Waals surface area contributed by atoms with Crippen LogP contribution in [0.3, 0.4) is 0 Å². The van der Waals surface area contributed by atoms with E-state index in [9.17, 15) is 0 Å². The largest absolute Gasteiger partial charge is 0.315 e. The Kier molecular flexibility index (Phi) is 6.65. The van der Waals surface area contributed by atoms with Crippen LogP contribution in [0.4, 0.5) is 0 Å². The lowest BCUT2D eigenvalue weighted by molar-refractivity contribution is 0.448. The quantitative estimate of drug-likeness (QED) is 0.634. The first-order chi connectivity index (χ1) is 6.83. The van der Waals surface area contributed by atoms with Gasteiger partial charge in [-0.3, -0.25) is 0 Å². The van der Waals surface area contributed by atoms with Gasteiger partial charge in [0.25, 0.3) is 0 Å². The highest BCUT2D eigenvalue weighted by molar-refractivity contribution is 7.99. The second-order valence-electron chi connectivity index (χ2n) is 4.24. The fraction of sp³-hybridized carbons (Fsp3) is 1.00. The summed E-state index contributed by atoms with van der Waals surface area (Å²) in [5.74, 6) is 3.66. The fourth-order valence-corrected chi connectivity index (χ4v) is 2.96. The Morgan fingerprint density at radius 3 is 3.00 bits per heavy atom. The van der Waals surface area contributed by atoms with Crippen LogP contribution >= 0.6 is 11.8 Å². The van der Waals surface area contributed by atoms with E-state index in [-0.39, 0.29) is 0 Å². The molecule has 0 amide bonds. The summed E-state index contributed by atoms with van der Waals surface area (Å²) in [6.07, 6.45) is 2.64. The van der Waals surface area contributed by atoms with Crippen molar-refractivity contribution in [2.75, 3.05) is 31.1 Å². The van der Waals surface area contributed by atoms with Crippen molar-refractivity contribution < 1.29 is 0 Å². The van der Waals surface area contributed by atoms with E-state index in [0.717, 1.165) is 19.0 Å². The highest BCUT2D eigenvalue weighted by Crippen LogP contribution is 2.22. The van der Waals surface area contributed by atoms with Crippen LogP contribution in [-0.4, -0.2) is 37.2 Å². The maximum absolute atomic E-state index is 3.61. The minimum Gasteiger partial charge on any atom is -0.315 e. The van der Waals surface area contributed by atoms with Crippen molar-refractivity contribution in [3.05, 3.63) is 0 Å². The van der Waals surface area contributed by atoms with Crippen molar-refractivity contribution >= 4 is 11.8 Å². The van der Waals surface area contributed by atoms with E-state index in [1.54, 1.807) is 0 Å². The molecule has 2 N–H and O–H groups in total. The molecule has 2 nitrogen and oxygen atoms in total. The van der Waals surface area contributed by atoms with Gasteiger partial charge in [-0.25, -0.2) is 0 Å². The summed E-state index contributed by atoms with van der Waals surface area (Å²) in [7, 11) is 0. The van der Waals surface area contributed by atoms with Gasteiger partial charge >= 0.3 is 0 Å². The van der Waals surface area contributed by atoms with Gasteiger partial charge in [-0.1, -0.05) is 6.92 Å². The minimum absolute atomic E-state index is 0.618. The monoisotopic (exact) mass is 216 g/mol. The number of rotatable bonds is 7. The third kappa shape index (κ3) is 5.23. The van der Waals surface area contributed by atoms with Crippen LogP contribution in [0.5, 0.6) is 0 Å². The number of thioether (sulfide) groups is 1. The SMILES string of the molecule is CCCNCC(C)NCC1CCSC1. The third-order valence-corrected chi connectivity index (χ3v) is 3.89. The van der Waals surface area contributed by atoms with Crippen molar-refractivity contribution in [1.82, 2.24) is 10.6 Å². The number of hydrogen-bond acceptors (Lipinski definition) is 3. The maximum Gasteiger partial charge on any atom is 0.0164 e. The van der Waals surface area contributed by atoms with Gasteiger partial charge in [0.15, 0.2) is 0 Å². The smallest absolute Gasteiger partial charge is 0.0164 e. The Labute approximate surface area is 92.6 Å². The summed E-state index contributed by atoms with van der Waals surface area (Å²) in [6, 6.07) is 0.618. The predicted molar refractivity (Wildman–Crippen MR) is 66.1 cm³/mol. The fourth-order valence-electron chi connectivity index (χ4n) is 1.68. The molecular formula is C11H24N2S. The molecule has 0 radical (unpaired) electrons. The zero-order valence-electron chi connectivity index (χ0n) is 9.51. The van der Waals surface area contributed by atoms with E-state index in [2.05, 4.69) is 36.2 Å². The molecule has 1 aliphatic rings. The summed E-state index contributed by atoms with van der Waals surface area (Å²) in [5, 5.41) is 7.05. The van der Waals surface area contributed by atoms with E-state index < -0.39 is 0 Å². The summed E-state index contributed by atoms with van der Waals surface area (Å²) in [6.45, 7) is 7.94. The van der Waals surface area contributed by atoms with Gasteiger partial charge in [0.1, 0.15) is 0 Å². The van der Waals surface area contributed by atoms with Gasteiger partial charge in [-0.2, -0.15) is 11.8 Å². The molecule has 0 aliphatic carbocycles. The average molecular weight is 216 g/mol. The molecule has 0 aromatic carbocycles. The maximum atomic E-state index is 3.61. The average Bonchev–Trinajstić information content (AvgIpc) is 2.68. The molecular weight excluding hydrogens is 192 g/mol. The van der Waals surface area contributed by atoms with Crippen molar-refractivity contribution in [1.29, 1.82) is 0 Å². The second-order valence-corrected chi connectivity index (χ2v) is 5.39. The standard InChI is InChI=1S/C11H24N2S/c1-3-5-12-7-10(2)13-8-11-4-6-14-9-11/h10-13H,3-9H2,1-2H3. The zero-order chi connectivity index (χ0) is 10.2. The van der Waals surface area contributed by atoms with Crippen LogP contribution in [0.15, 0.2) is 0 Å². The van der Waals surface area contributed by atoms with Gasteiger partial charge in [-0.15, -0.1) is 0 Å².